The van der Waals surface area contributed by atoms with Crippen LogP contribution in [0, 0.1) is 28.6 Å². The third kappa shape index (κ3) is 3.24. The lowest BCUT2D eigenvalue weighted by atomic mass is 9.59. The number of nitrogens with one attached hydrogen (secondary N) is 1. The van der Waals surface area contributed by atoms with Gasteiger partial charge in [0.15, 0.2) is 0 Å². The highest BCUT2D eigenvalue weighted by Gasteiger charge is 2.68. The summed E-state index contributed by atoms with van der Waals surface area (Å²) in [7, 11) is 0. The summed E-state index contributed by atoms with van der Waals surface area (Å²) in [6, 6.07) is 11.1. The van der Waals surface area contributed by atoms with Crippen molar-refractivity contribution < 1.29 is 9.53 Å². The Hall–Kier alpha value is -1.35. The Morgan fingerprint density at radius 2 is 1.93 bits per heavy atom. The van der Waals surface area contributed by atoms with Crippen molar-refractivity contribution in [3.8, 4) is 0 Å². The van der Waals surface area contributed by atoms with Crippen LogP contribution in [-0.4, -0.2) is 18.6 Å². The van der Waals surface area contributed by atoms with E-state index in [-0.39, 0.29) is 23.0 Å². The number of rotatable bonds is 5. The highest BCUT2D eigenvalue weighted by atomic mass is 16.5. The molecule has 1 aromatic carbocycles. The Labute approximate surface area is 176 Å². The molecule has 1 heterocycles. The third-order valence-corrected chi connectivity index (χ3v) is 9.19. The van der Waals surface area contributed by atoms with E-state index in [4.69, 9.17) is 4.74 Å². The van der Waals surface area contributed by atoms with Crippen molar-refractivity contribution in [2.75, 3.05) is 6.61 Å². The van der Waals surface area contributed by atoms with Crippen molar-refractivity contribution in [2.24, 2.45) is 28.6 Å². The molecule has 1 spiro atoms. The average Bonchev–Trinajstić information content (AvgIpc) is 3.42. The van der Waals surface area contributed by atoms with Crippen molar-refractivity contribution in [3.05, 3.63) is 35.9 Å². The molecule has 1 aromatic rings. The zero-order valence-electron chi connectivity index (χ0n) is 18.2. The van der Waals surface area contributed by atoms with Gasteiger partial charge in [0, 0.05) is 19.1 Å². The summed E-state index contributed by atoms with van der Waals surface area (Å²) in [5.41, 5.74) is 1.70. The molecule has 158 valence electrons. The first kappa shape index (κ1) is 19.6. The van der Waals surface area contributed by atoms with Crippen LogP contribution >= 0.6 is 0 Å². The molecule has 0 aromatic heterocycles. The van der Waals surface area contributed by atoms with Crippen LogP contribution < -0.4 is 5.32 Å². The Bertz CT molecular complexity index is 738. The maximum absolute atomic E-state index is 13.0. The molecule has 1 N–H and O–H groups in total. The molecule has 29 heavy (non-hydrogen) atoms. The number of amides is 1. The Morgan fingerprint density at radius 3 is 2.69 bits per heavy atom. The van der Waals surface area contributed by atoms with Crippen LogP contribution in [0.15, 0.2) is 30.3 Å². The summed E-state index contributed by atoms with van der Waals surface area (Å²) in [5, 5.41) is 3.59. The van der Waals surface area contributed by atoms with Gasteiger partial charge in [0.1, 0.15) is 0 Å². The second-order valence-corrected chi connectivity index (χ2v) is 10.9. The quantitative estimate of drug-likeness (QED) is 0.699. The van der Waals surface area contributed by atoms with E-state index in [2.05, 4.69) is 49.5 Å². The topological polar surface area (TPSA) is 38.3 Å². The molecule has 5 rings (SSSR count). The minimum absolute atomic E-state index is 0.179. The Kier molecular flexibility index (Phi) is 5.01. The van der Waals surface area contributed by atoms with E-state index < -0.39 is 0 Å². The lowest BCUT2D eigenvalue weighted by Gasteiger charge is -2.53. The van der Waals surface area contributed by atoms with Gasteiger partial charge in [0.25, 0.3) is 0 Å². The normalized spacial score (nSPS) is 38.1. The van der Waals surface area contributed by atoms with E-state index in [1.807, 2.05) is 0 Å². The number of carbonyl (C=O) groups is 1. The van der Waals surface area contributed by atoms with E-state index in [1.54, 1.807) is 0 Å². The second-order valence-electron chi connectivity index (χ2n) is 10.9. The maximum Gasteiger partial charge on any atom is 0.220 e. The van der Waals surface area contributed by atoms with Crippen LogP contribution in [0.25, 0.3) is 0 Å². The predicted molar refractivity (Wildman–Crippen MR) is 115 cm³/mol. The molecular formula is C26H37NO2. The van der Waals surface area contributed by atoms with E-state index in [0.717, 1.165) is 25.4 Å². The molecule has 2 bridgehead atoms. The van der Waals surface area contributed by atoms with Crippen LogP contribution in [0.5, 0.6) is 0 Å². The van der Waals surface area contributed by atoms with Gasteiger partial charge in [-0.05, 0) is 59.8 Å². The minimum Gasteiger partial charge on any atom is -0.373 e. The van der Waals surface area contributed by atoms with E-state index >= 15 is 0 Å². The first-order chi connectivity index (χ1) is 14.0. The van der Waals surface area contributed by atoms with Gasteiger partial charge in [0.05, 0.1) is 6.10 Å². The van der Waals surface area contributed by atoms with Crippen molar-refractivity contribution in [1.29, 1.82) is 0 Å². The molecule has 4 aliphatic rings. The summed E-state index contributed by atoms with van der Waals surface area (Å²) in [4.78, 5) is 13.0. The van der Waals surface area contributed by atoms with Gasteiger partial charge in [-0.2, -0.15) is 0 Å². The molecule has 1 amide bonds. The van der Waals surface area contributed by atoms with Crippen LogP contribution in [0.1, 0.15) is 83.3 Å². The summed E-state index contributed by atoms with van der Waals surface area (Å²) >= 11 is 0. The minimum atomic E-state index is 0.179. The molecule has 5 atom stereocenters. The maximum atomic E-state index is 13.0. The average molecular weight is 396 g/mol. The molecule has 0 radical (unpaired) electrons. The summed E-state index contributed by atoms with van der Waals surface area (Å²) in [6.45, 7) is 5.61. The van der Waals surface area contributed by atoms with Gasteiger partial charge < -0.3 is 10.1 Å². The fraction of sp³-hybridized carbons (Fsp3) is 0.731. The number of hydrogen-bond acceptors (Lipinski definition) is 2. The number of benzene rings is 1. The largest absolute Gasteiger partial charge is 0.373 e. The van der Waals surface area contributed by atoms with Crippen molar-refractivity contribution in [2.45, 2.75) is 83.8 Å². The molecule has 4 fully saturated rings. The SMILES string of the molecule is CC1(C)[C@@H]2C[C@@H]3[C@@H](c4ccccc4)OCC[C@]3(C2)[C@H]1NC(=O)CCC1CCCC1. The van der Waals surface area contributed by atoms with Crippen molar-refractivity contribution in [1.82, 2.24) is 5.32 Å². The van der Waals surface area contributed by atoms with E-state index in [1.165, 1.54) is 44.1 Å². The predicted octanol–water partition coefficient (Wildman–Crippen LogP) is 5.66. The molecule has 1 saturated heterocycles. The van der Waals surface area contributed by atoms with E-state index in [9.17, 15) is 4.79 Å². The fourth-order valence-electron chi connectivity index (χ4n) is 7.63. The molecule has 3 aliphatic carbocycles. The second kappa shape index (κ2) is 7.41. The van der Waals surface area contributed by atoms with Crippen molar-refractivity contribution in [3.63, 3.8) is 0 Å². The molecule has 3 heteroatoms. The van der Waals surface area contributed by atoms with Crippen LogP contribution in [0.3, 0.4) is 0 Å². The van der Waals surface area contributed by atoms with Gasteiger partial charge in [-0.3, -0.25) is 4.79 Å². The van der Waals surface area contributed by atoms with Gasteiger partial charge in [-0.25, -0.2) is 0 Å². The number of fused-ring (bicyclic) bond motifs is 1. The third-order valence-electron chi connectivity index (χ3n) is 9.19. The smallest absolute Gasteiger partial charge is 0.220 e. The van der Waals surface area contributed by atoms with Gasteiger partial charge in [0.2, 0.25) is 5.91 Å². The van der Waals surface area contributed by atoms with Crippen LogP contribution in [0.4, 0.5) is 0 Å². The first-order valence-electron chi connectivity index (χ1n) is 12.0. The van der Waals surface area contributed by atoms with E-state index in [0.29, 0.717) is 24.2 Å². The number of ether oxygens (including phenoxy) is 1. The van der Waals surface area contributed by atoms with Gasteiger partial charge in [-0.1, -0.05) is 69.9 Å². The molecule has 1 aliphatic heterocycles. The first-order valence-corrected chi connectivity index (χ1v) is 12.0. The summed E-state index contributed by atoms with van der Waals surface area (Å²) in [5.74, 6) is 2.28. The molecule has 3 saturated carbocycles. The molecule has 3 nitrogen and oxygen atoms in total. The Balaban J connectivity index is 1.35. The van der Waals surface area contributed by atoms with Crippen LogP contribution in [-0.2, 0) is 9.53 Å². The lowest BCUT2D eigenvalue weighted by Crippen LogP contribution is -2.58. The fourth-order valence-corrected chi connectivity index (χ4v) is 7.63. The highest BCUT2D eigenvalue weighted by Crippen LogP contribution is 2.70. The summed E-state index contributed by atoms with van der Waals surface area (Å²) < 4.78 is 6.35. The monoisotopic (exact) mass is 395 g/mol. The molecular weight excluding hydrogens is 358 g/mol. The van der Waals surface area contributed by atoms with Gasteiger partial charge >= 0.3 is 0 Å². The zero-order valence-corrected chi connectivity index (χ0v) is 18.2. The summed E-state index contributed by atoms with van der Waals surface area (Å²) in [6.07, 6.45) is 10.9. The zero-order chi connectivity index (χ0) is 20.1. The number of hydrogen-bond donors (Lipinski definition) is 1. The molecule has 0 unspecified atom stereocenters. The lowest BCUT2D eigenvalue weighted by molar-refractivity contribution is -0.137. The Morgan fingerprint density at radius 1 is 1.17 bits per heavy atom. The van der Waals surface area contributed by atoms with Crippen molar-refractivity contribution >= 4 is 5.91 Å². The highest BCUT2D eigenvalue weighted by molar-refractivity contribution is 5.76. The number of carbonyl (C=O) groups excluding carboxylic acids is 1. The van der Waals surface area contributed by atoms with Crippen LogP contribution in [0.2, 0.25) is 0 Å². The van der Waals surface area contributed by atoms with Gasteiger partial charge in [-0.15, -0.1) is 0 Å². The standard InChI is InChI=1S/C26H37NO2/c1-25(2)20-16-21-23(19-10-4-3-5-11-19)29-15-14-26(21,17-20)24(25)27-22(28)13-12-18-8-6-7-9-18/h3-5,10-11,18,20-21,23-24H,6-9,12-17H2,1-2H3,(H,27,28)/t20-,21-,23-,24+,26-/m1/s1.